The maximum atomic E-state index is 12.7. The van der Waals surface area contributed by atoms with Crippen molar-refractivity contribution >= 4 is 11.6 Å². The number of amides is 1. The number of halogens is 3. The Morgan fingerprint density at radius 2 is 1.62 bits per heavy atom. The second-order valence-corrected chi connectivity index (χ2v) is 5.38. The number of methoxy groups -OCH3 is 2. The van der Waals surface area contributed by atoms with Gasteiger partial charge in [0.25, 0.3) is 5.91 Å². The molecule has 8 heteroatoms. The van der Waals surface area contributed by atoms with Crippen LogP contribution in [0.1, 0.15) is 12.5 Å². The third-order valence-corrected chi connectivity index (χ3v) is 3.46. The Morgan fingerprint density at radius 1 is 1.00 bits per heavy atom. The van der Waals surface area contributed by atoms with E-state index in [9.17, 15) is 18.0 Å². The maximum absolute atomic E-state index is 12.7. The Balaban J connectivity index is 2.09. The predicted molar refractivity (Wildman–Crippen MR) is 89.7 cm³/mol. The summed E-state index contributed by atoms with van der Waals surface area (Å²) in [4.78, 5) is 12.3. The number of carbonyl (C=O) groups is 1. The van der Waals surface area contributed by atoms with Crippen molar-refractivity contribution in [3.8, 4) is 17.2 Å². The van der Waals surface area contributed by atoms with E-state index in [4.69, 9.17) is 14.2 Å². The fourth-order valence-electron chi connectivity index (χ4n) is 2.13. The highest BCUT2D eigenvalue weighted by molar-refractivity contribution is 5.94. The number of benzene rings is 2. The summed E-state index contributed by atoms with van der Waals surface area (Å²) in [5.74, 6) is 0.376. The van der Waals surface area contributed by atoms with E-state index in [1.165, 1.54) is 33.3 Å². The minimum absolute atomic E-state index is 0.0503. The summed E-state index contributed by atoms with van der Waals surface area (Å²) in [7, 11) is 2.94. The molecule has 0 spiro atoms. The first-order chi connectivity index (χ1) is 12.2. The molecule has 2 aromatic carbocycles. The van der Waals surface area contributed by atoms with Gasteiger partial charge in [0.05, 0.1) is 19.8 Å². The lowest BCUT2D eigenvalue weighted by molar-refractivity contribution is -0.137. The van der Waals surface area contributed by atoms with Gasteiger partial charge < -0.3 is 19.5 Å². The highest BCUT2D eigenvalue weighted by Gasteiger charge is 2.30. The van der Waals surface area contributed by atoms with Crippen molar-refractivity contribution in [2.45, 2.75) is 19.2 Å². The zero-order valence-electron chi connectivity index (χ0n) is 14.4. The first-order valence-corrected chi connectivity index (χ1v) is 7.61. The molecule has 0 aliphatic rings. The Labute approximate surface area is 148 Å². The zero-order chi connectivity index (χ0) is 19.3. The summed E-state index contributed by atoms with van der Waals surface area (Å²) in [6.07, 6.45) is -5.50. The van der Waals surface area contributed by atoms with Gasteiger partial charge in [-0.3, -0.25) is 4.79 Å². The Morgan fingerprint density at radius 3 is 2.15 bits per heavy atom. The van der Waals surface area contributed by atoms with Crippen molar-refractivity contribution in [1.82, 2.24) is 0 Å². The summed E-state index contributed by atoms with van der Waals surface area (Å²) >= 11 is 0. The summed E-state index contributed by atoms with van der Waals surface area (Å²) in [6, 6.07) is 9.15. The van der Waals surface area contributed by atoms with Crippen molar-refractivity contribution in [2.24, 2.45) is 0 Å². The molecule has 1 atom stereocenters. The van der Waals surface area contributed by atoms with Crippen LogP contribution in [0.5, 0.6) is 17.2 Å². The van der Waals surface area contributed by atoms with E-state index in [0.717, 1.165) is 12.1 Å². The molecule has 5 nitrogen and oxygen atoms in total. The lowest BCUT2D eigenvalue weighted by Gasteiger charge is -2.16. The Bertz CT molecular complexity index is 755. The second kappa shape index (κ2) is 7.99. The highest BCUT2D eigenvalue weighted by Crippen LogP contribution is 2.31. The summed E-state index contributed by atoms with van der Waals surface area (Å²) in [5.41, 5.74) is -0.439. The number of rotatable bonds is 6. The van der Waals surface area contributed by atoms with Gasteiger partial charge in [-0.05, 0) is 25.1 Å². The predicted octanol–water partition coefficient (Wildman–Crippen LogP) is 4.13. The highest BCUT2D eigenvalue weighted by atomic mass is 19.4. The molecule has 1 amide bonds. The van der Waals surface area contributed by atoms with Crippen molar-refractivity contribution in [3.63, 3.8) is 0 Å². The molecule has 0 radical (unpaired) electrons. The molecular weight excluding hydrogens is 351 g/mol. The van der Waals surface area contributed by atoms with E-state index in [-0.39, 0.29) is 5.75 Å². The van der Waals surface area contributed by atoms with Crippen LogP contribution < -0.4 is 19.5 Å². The molecular formula is C18H18F3NO4. The van der Waals surface area contributed by atoms with E-state index >= 15 is 0 Å². The van der Waals surface area contributed by atoms with Crippen LogP contribution in [0, 0.1) is 0 Å². The van der Waals surface area contributed by atoms with E-state index in [2.05, 4.69) is 5.32 Å². The molecule has 0 saturated heterocycles. The number of carbonyl (C=O) groups excluding carboxylic acids is 1. The zero-order valence-corrected chi connectivity index (χ0v) is 14.4. The van der Waals surface area contributed by atoms with E-state index in [1.54, 1.807) is 18.2 Å². The molecule has 140 valence electrons. The molecule has 2 aromatic rings. The number of hydrogen-bond acceptors (Lipinski definition) is 4. The van der Waals surface area contributed by atoms with Gasteiger partial charge in [-0.2, -0.15) is 13.2 Å². The molecule has 0 saturated carbocycles. The summed E-state index contributed by atoms with van der Waals surface area (Å²) in [5, 5.41) is 2.61. The molecule has 2 rings (SSSR count). The molecule has 0 bridgehead atoms. The van der Waals surface area contributed by atoms with Crippen molar-refractivity contribution in [1.29, 1.82) is 0 Å². The van der Waals surface area contributed by atoms with Gasteiger partial charge in [0.1, 0.15) is 17.2 Å². The van der Waals surface area contributed by atoms with Gasteiger partial charge >= 0.3 is 6.18 Å². The van der Waals surface area contributed by atoms with Crippen molar-refractivity contribution in [3.05, 3.63) is 48.0 Å². The van der Waals surface area contributed by atoms with Crippen LogP contribution in [0.3, 0.4) is 0 Å². The third-order valence-electron chi connectivity index (χ3n) is 3.46. The number of nitrogens with one attached hydrogen (secondary N) is 1. The van der Waals surface area contributed by atoms with Crippen LogP contribution in [0.2, 0.25) is 0 Å². The monoisotopic (exact) mass is 369 g/mol. The van der Waals surface area contributed by atoms with Gasteiger partial charge in [-0.15, -0.1) is 0 Å². The first kappa shape index (κ1) is 19.4. The number of ether oxygens (including phenoxy) is 3. The second-order valence-electron chi connectivity index (χ2n) is 5.38. The van der Waals surface area contributed by atoms with Gasteiger partial charge in [0.2, 0.25) is 0 Å². The Kier molecular flexibility index (Phi) is 5.97. The van der Waals surface area contributed by atoms with Gasteiger partial charge in [-0.25, -0.2) is 0 Å². The number of hydrogen-bond donors (Lipinski definition) is 1. The molecule has 1 N–H and O–H groups in total. The maximum Gasteiger partial charge on any atom is 0.416 e. The SMILES string of the molecule is COc1cc(NC(=O)[C@@H](C)Oc2cccc(C(F)(F)F)c2)cc(OC)c1. The molecule has 26 heavy (non-hydrogen) atoms. The lowest BCUT2D eigenvalue weighted by atomic mass is 10.2. The van der Waals surface area contributed by atoms with Crippen LogP contribution in [-0.4, -0.2) is 26.2 Å². The van der Waals surface area contributed by atoms with Gasteiger partial charge in [-0.1, -0.05) is 6.07 Å². The minimum Gasteiger partial charge on any atom is -0.497 e. The molecule has 0 heterocycles. The summed E-state index contributed by atoms with van der Waals surface area (Å²) in [6.45, 7) is 1.44. The van der Waals surface area contributed by atoms with Gasteiger partial charge in [0, 0.05) is 23.9 Å². The number of alkyl halides is 3. The van der Waals surface area contributed by atoms with E-state index < -0.39 is 23.8 Å². The summed E-state index contributed by atoms with van der Waals surface area (Å²) < 4.78 is 53.8. The quantitative estimate of drug-likeness (QED) is 0.832. The molecule has 0 aliphatic heterocycles. The van der Waals surface area contributed by atoms with Crippen LogP contribution >= 0.6 is 0 Å². The van der Waals surface area contributed by atoms with E-state index in [0.29, 0.717) is 17.2 Å². The fraction of sp³-hybridized carbons (Fsp3) is 0.278. The van der Waals surface area contributed by atoms with Gasteiger partial charge in [0.15, 0.2) is 6.10 Å². The average Bonchev–Trinajstić information content (AvgIpc) is 2.60. The van der Waals surface area contributed by atoms with Crippen LogP contribution in [0.25, 0.3) is 0 Å². The topological polar surface area (TPSA) is 56.8 Å². The normalized spacial score (nSPS) is 12.2. The standard InChI is InChI=1S/C18H18F3NO4/c1-11(26-14-6-4-5-12(7-14)18(19,20)21)17(23)22-13-8-15(24-2)10-16(9-13)25-3/h4-11H,1-3H3,(H,22,23)/t11-/m1/s1. The van der Waals surface area contributed by atoms with E-state index in [1.807, 2.05) is 0 Å². The third kappa shape index (κ3) is 5.05. The van der Waals surface area contributed by atoms with Crippen molar-refractivity contribution in [2.75, 3.05) is 19.5 Å². The van der Waals surface area contributed by atoms with Crippen molar-refractivity contribution < 1.29 is 32.2 Å². The molecule has 0 aliphatic carbocycles. The largest absolute Gasteiger partial charge is 0.497 e. The Hall–Kier alpha value is -2.90. The first-order valence-electron chi connectivity index (χ1n) is 7.61. The van der Waals surface area contributed by atoms with Crippen LogP contribution in [-0.2, 0) is 11.0 Å². The minimum atomic E-state index is -4.48. The van der Waals surface area contributed by atoms with Crippen LogP contribution in [0.15, 0.2) is 42.5 Å². The molecule has 0 fully saturated rings. The fourth-order valence-corrected chi connectivity index (χ4v) is 2.13. The lowest BCUT2D eigenvalue weighted by Crippen LogP contribution is -2.30. The smallest absolute Gasteiger partial charge is 0.416 e. The average molecular weight is 369 g/mol. The number of anilines is 1. The molecule has 0 aromatic heterocycles. The van der Waals surface area contributed by atoms with Crippen LogP contribution in [0.4, 0.5) is 18.9 Å². The molecule has 0 unspecified atom stereocenters.